The SMILES string of the molecule is CN(C(=O)c1ccc(F)c(Br)c1)c1cc(Cl)ccc1N. The van der Waals surface area contributed by atoms with Crippen LogP contribution >= 0.6 is 27.5 Å². The van der Waals surface area contributed by atoms with Gasteiger partial charge in [-0.2, -0.15) is 0 Å². The molecule has 0 bridgehead atoms. The van der Waals surface area contributed by atoms with Gasteiger partial charge in [0.25, 0.3) is 5.91 Å². The zero-order valence-corrected chi connectivity index (χ0v) is 12.9. The van der Waals surface area contributed by atoms with Gasteiger partial charge in [-0.15, -0.1) is 0 Å². The third-order valence-corrected chi connectivity index (χ3v) is 3.67. The van der Waals surface area contributed by atoms with Crippen molar-refractivity contribution in [2.45, 2.75) is 0 Å². The number of nitrogens with zero attached hydrogens (tertiary/aromatic N) is 1. The molecule has 104 valence electrons. The lowest BCUT2D eigenvalue weighted by Crippen LogP contribution is -2.27. The summed E-state index contributed by atoms with van der Waals surface area (Å²) in [5.74, 6) is -0.730. The van der Waals surface area contributed by atoms with Crippen LogP contribution in [0.2, 0.25) is 5.02 Å². The number of halogens is 3. The Hall–Kier alpha value is -1.59. The van der Waals surface area contributed by atoms with Crippen molar-refractivity contribution in [2.24, 2.45) is 0 Å². The van der Waals surface area contributed by atoms with Crippen LogP contribution in [0.5, 0.6) is 0 Å². The number of carbonyl (C=O) groups is 1. The van der Waals surface area contributed by atoms with E-state index < -0.39 is 5.82 Å². The van der Waals surface area contributed by atoms with Crippen molar-refractivity contribution < 1.29 is 9.18 Å². The summed E-state index contributed by atoms with van der Waals surface area (Å²) in [7, 11) is 1.58. The summed E-state index contributed by atoms with van der Waals surface area (Å²) in [6, 6.07) is 8.95. The Morgan fingerprint density at radius 2 is 2.00 bits per heavy atom. The van der Waals surface area contributed by atoms with Gasteiger partial charge in [0.2, 0.25) is 0 Å². The lowest BCUT2D eigenvalue weighted by Gasteiger charge is -2.19. The predicted octanol–water partition coefficient (Wildman–Crippen LogP) is 4.10. The third kappa shape index (κ3) is 2.94. The topological polar surface area (TPSA) is 46.3 Å². The Morgan fingerprint density at radius 1 is 1.30 bits per heavy atom. The zero-order valence-electron chi connectivity index (χ0n) is 10.5. The van der Waals surface area contributed by atoms with Crippen molar-refractivity contribution >= 4 is 44.8 Å². The van der Waals surface area contributed by atoms with Crippen molar-refractivity contribution in [3.63, 3.8) is 0 Å². The first kappa shape index (κ1) is 14.8. The number of benzene rings is 2. The molecule has 0 aliphatic rings. The molecule has 0 fully saturated rings. The molecule has 0 aliphatic heterocycles. The fraction of sp³-hybridized carbons (Fsp3) is 0.0714. The van der Waals surface area contributed by atoms with E-state index in [1.165, 1.54) is 23.1 Å². The van der Waals surface area contributed by atoms with Crippen LogP contribution in [0.4, 0.5) is 15.8 Å². The van der Waals surface area contributed by atoms with Crippen molar-refractivity contribution in [3.05, 3.63) is 57.3 Å². The molecule has 0 heterocycles. The van der Waals surface area contributed by atoms with E-state index >= 15 is 0 Å². The minimum atomic E-state index is -0.425. The highest BCUT2D eigenvalue weighted by molar-refractivity contribution is 9.10. The Kier molecular flexibility index (Phi) is 4.30. The number of nitrogen functional groups attached to an aromatic ring is 1. The molecule has 1 amide bonds. The van der Waals surface area contributed by atoms with Gasteiger partial charge in [-0.05, 0) is 52.3 Å². The molecule has 0 saturated carbocycles. The van der Waals surface area contributed by atoms with E-state index in [1.54, 1.807) is 25.2 Å². The first-order chi connectivity index (χ1) is 9.40. The summed E-state index contributed by atoms with van der Waals surface area (Å²) in [5, 5.41) is 0.481. The van der Waals surface area contributed by atoms with Crippen LogP contribution in [-0.4, -0.2) is 13.0 Å². The number of rotatable bonds is 2. The molecule has 2 aromatic carbocycles. The standard InChI is InChI=1S/C14H11BrClFN2O/c1-19(13-7-9(16)3-5-12(13)18)14(20)8-2-4-11(17)10(15)6-8/h2-7H,18H2,1H3. The highest BCUT2D eigenvalue weighted by Crippen LogP contribution is 2.27. The lowest BCUT2D eigenvalue weighted by molar-refractivity contribution is 0.0993. The molecule has 0 spiro atoms. The zero-order chi connectivity index (χ0) is 14.9. The average Bonchev–Trinajstić information content (AvgIpc) is 2.43. The molecule has 0 radical (unpaired) electrons. The van der Waals surface area contributed by atoms with Crippen molar-refractivity contribution in [2.75, 3.05) is 17.7 Å². The van der Waals surface area contributed by atoms with Crippen molar-refractivity contribution in [1.82, 2.24) is 0 Å². The minimum absolute atomic E-state index is 0.232. The highest BCUT2D eigenvalue weighted by atomic mass is 79.9. The van der Waals surface area contributed by atoms with Gasteiger partial charge >= 0.3 is 0 Å². The van der Waals surface area contributed by atoms with Gasteiger partial charge in [-0.25, -0.2) is 4.39 Å². The largest absolute Gasteiger partial charge is 0.397 e. The number of anilines is 2. The molecule has 2 rings (SSSR count). The number of amides is 1. The smallest absolute Gasteiger partial charge is 0.258 e. The molecule has 6 heteroatoms. The second-order valence-electron chi connectivity index (χ2n) is 4.20. The molecule has 0 aliphatic carbocycles. The van der Waals surface area contributed by atoms with E-state index in [0.717, 1.165) is 0 Å². The maximum atomic E-state index is 13.2. The first-order valence-corrected chi connectivity index (χ1v) is 6.85. The molecule has 0 aromatic heterocycles. The quantitative estimate of drug-likeness (QED) is 0.823. The maximum Gasteiger partial charge on any atom is 0.258 e. The van der Waals surface area contributed by atoms with Crippen LogP contribution in [0.3, 0.4) is 0 Å². The van der Waals surface area contributed by atoms with Crippen LogP contribution in [0.25, 0.3) is 0 Å². The summed E-state index contributed by atoms with van der Waals surface area (Å²) in [5.41, 5.74) is 7.13. The summed E-state index contributed by atoms with van der Waals surface area (Å²) >= 11 is 8.96. The number of carbonyl (C=O) groups excluding carboxylic acids is 1. The molecule has 2 aromatic rings. The number of nitrogens with two attached hydrogens (primary N) is 1. The Morgan fingerprint density at radius 3 is 2.65 bits per heavy atom. The molecule has 20 heavy (non-hydrogen) atoms. The van der Waals surface area contributed by atoms with Crippen LogP contribution in [0.1, 0.15) is 10.4 Å². The maximum absolute atomic E-state index is 13.2. The van der Waals surface area contributed by atoms with Gasteiger partial charge < -0.3 is 10.6 Å². The van der Waals surface area contributed by atoms with E-state index in [4.69, 9.17) is 17.3 Å². The monoisotopic (exact) mass is 356 g/mol. The Bertz CT molecular complexity index is 678. The van der Waals surface area contributed by atoms with Gasteiger partial charge in [0.15, 0.2) is 0 Å². The second kappa shape index (κ2) is 5.81. The van der Waals surface area contributed by atoms with E-state index in [2.05, 4.69) is 15.9 Å². The molecule has 0 saturated heterocycles. The summed E-state index contributed by atoms with van der Waals surface area (Å²) < 4.78 is 13.4. The number of hydrogen-bond donors (Lipinski definition) is 1. The van der Waals surface area contributed by atoms with Crippen LogP contribution in [0.15, 0.2) is 40.9 Å². The van der Waals surface area contributed by atoms with E-state index in [1.807, 2.05) is 0 Å². The van der Waals surface area contributed by atoms with Gasteiger partial charge in [-0.1, -0.05) is 11.6 Å². The fourth-order valence-electron chi connectivity index (χ4n) is 1.74. The second-order valence-corrected chi connectivity index (χ2v) is 5.49. The molecule has 0 atom stereocenters. The van der Waals surface area contributed by atoms with Crippen LogP contribution in [-0.2, 0) is 0 Å². The highest BCUT2D eigenvalue weighted by Gasteiger charge is 2.17. The normalized spacial score (nSPS) is 10.4. The summed E-state index contributed by atoms with van der Waals surface area (Å²) in [6.45, 7) is 0. The first-order valence-electron chi connectivity index (χ1n) is 5.68. The van der Waals surface area contributed by atoms with Crippen LogP contribution in [0, 0.1) is 5.82 Å². The Labute approximate surface area is 129 Å². The summed E-state index contributed by atoms with van der Waals surface area (Å²) in [4.78, 5) is 13.7. The molecule has 3 nitrogen and oxygen atoms in total. The van der Waals surface area contributed by atoms with E-state index in [-0.39, 0.29) is 10.4 Å². The molecular weight excluding hydrogens is 347 g/mol. The predicted molar refractivity (Wildman–Crippen MR) is 82.7 cm³/mol. The van der Waals surface area contributed by atoms with Crippen LogP contribution < -0.4 is 10.6 Å². The lowest BCUT2D eigenvalue weighted by atomic mass is 10.1. The van der Waals surface area contributed by atoms with Crippen molar-refractivity contribution in [3.8, 4) is 0 Å². The summed E-state index contributed by atoms with van der Waals surface area (Å²) in [6.07, 6.45) is 0. The van der Waals surface area contributed by atoms with E-state index in [9.17, 15) is 9.18 Å². The van der Waals surface area contributed by atoms with Gasteiger partial charge in [0.1, 0.15) is 5.82 Å². The van der Waals surface area contributed by atoms with Gasteiger partial charge in [0.05, 0.1) is 15.8 Å². The fourth-order valence-corrected chi connectivity index (χ4v) is 2.28. The van der Waals surface area contributed by atoms with Gasteiger partial charge in [0, 0.05) is 17.6 Å². The molecule has 0 unspecified atom stereocenters. The molecule has 2 N–H and O–H groups in total. The van der Waals surface area contributed by atoms with Gasteiger partial charge in [-0.3, -0.25) is 4.79 Å². The van der Waals surface area contributed by atoms with Crippen molar-refractivity contribution in [1.29, 1.82) is 0 Å². The number of hydrogen-bond acceptors (Lipinski definition) is 2. The van der Waals surface area contributed by atoms with E-state index in [0.29, 0.717) is 22.0 Å². The third-order valence-electron chi connectivity index (χ3n) is 2.83. The molecular formula is C14H11BrClFN2O. The minimum Gasteiger partial charge on any atom is -0.397 e. The average molecular weight is 358 g/mol. The Balaban J connectivity index is 2.37.